The SMILES string of the molecule is C[C@H](c1cc(F)cnc1Cl)N(C(=O)O)c1c(-c2ncc(N)cn2)nnn1C. The number of amides is 1. The fraction of sp³-hybridized carbons (Fsp3) is 0.200. The number of rotatable bonds is 4. The average Bonchev–Trinajstić information content (AvgIpc) is 2.99. The second kappa shape index (κ2) is 7.11. The molecule has 0 radical (unpaired) electrons. The van der Waals surface area contributed by atoms with Crippen LogP contribution in [0.3, 0.4) is 0 Å². The van der Waals surface area contributed by atoms with E-state index in [4.69, 9.17) is 17.3 Å². The molecule has 1 atom stereocenters. The molecule has 0 fully saturated rings. The van der Waals surface area contributed by atoms with Crippen molar-refractivity contribution in [2.24, 2.45) is 7.05 Å². The number of nitrogen functional groups attached to an aromatic ring is 1. The Morgan fingerprint density at radius 3 is 2.63 bits per heavy atom. The van der Waals surface area contributed by atoms with Crippen LogP contribution in [0.1, 0.15) is 18.5 Å². The third-order valence-corrected chi connectivity index (χ3v) is 4.10. The van der Waals surface area contributed by atoms with Crippen LogP contribution in [-0.2, 0) is 7.05 Å². The van der Waals surface area contributed by atoms with Gasteiger partial charge in [-0.2, -0.15) is 0 Å². The van der Waals surface area contributed by atoms with Crippen molar-refractivity contribution in [1.82, 2.24) is 29.9 Å². The van der Waals surface area contributed by atoms with Crippen molar-refractivity contribution in [3.8, 4) is 11.5 Å². The maximum Gasteiger partial charge on any atom is 0.413 e. The normalized spacial score (nSPS) is 12.0. The molecule has 0 saturated heterocycles. The van der Waals surface area contributed by atoms with Crippen LogP contribution in [0.5, 0.6) is 0 Å². The van der Waals surface area contributed by atoms with E-state index in [9.17, 15) is 14.3 Å². The topological polar surface area (TPSA) is 136 Å². The van der Waals surface area contributed by atoms with Crippen LogP contribution < -0.4 is 10.6 Å². The molecule has 3 rings (SSSR count). The van der Waals surface area contributed by atoms with E-state index in [2.05, 4.69) is 25.3 Å². The molecular formula is C15H14ClFN8O2. The molecule has 3 N–H and O–H groups in total. The van der Waals surface area contributed by atoms with Gasteiger partial charge in [-0.3, -0.25) is 4.90 Å². The van der Waals surface area contributed by atoms with Crippen LogP contribution in [-0.4, -0.2) is 41.1 Å². The van der Waals surface area contributed by atoms with Gasteiger partial charge in [0, 0.05) is 12.6 Å². The van der Waals surface area contributed by atoms with E-state index >= 15 is 0 Å². The number of carboxylic acid groups (broad SMARTS) is 1. The summed E-state index contributed by atoms with van der Waals surface area (Å²) in [6.45, 7) is 1.54. The fourth-order valence-corrected chi connectivity index (χ4v) is 2.80. The predicted octanol–water partition coefficient (Wildman–Crippen LogP) is 2.29. The number of nitrogens with two attached hydrogens (primary N) is 1. The van der Waals surface area contributed by atoms with Gasteiger partial charge in [-0.1, -0.05) is 16.8 Å². The molecule has 3 aromatic heterocycles. The fourth-order valence-electron chi connectivity index (χ4n) is 2.54. The van der Waals surface area contributed by atoms with Crippen LogP contribution in [0.15, 0.2) is 24.7 Å². The summed E-state index contributed by atoms with van der Waals surface area (Å²) in [5.74, 6) is -0.425. The molecule has 27 heavy (non-hydrogen) atoms. The Balaban J connectivity index is 2.14. The van der Waals surface area contributed by atoms with Crippen LogP contribution in [0.25, 0.3) is 11.5 Å². The van der Waals surface area contributed by atoms with Crippen molar-refractivity contribution in [2.45, 2.75) is 13.0 Å². The smallest absolute Gasteiger partial charge is 0.413 e. The van der Waals surface area contributed by atoms with E-state index in [1.165, 1.54) is 31.0 Å². The number of halogens is 2. The number of aryl methyl sites for hydroxylation is 1. The molecule has 0 aromatic carbocycles. The number of aromatic nitrogens is 6. The highest BCUT2D eigenvalue weighted by Gasteiger charge is 2.32. The largest absolute Gasteiger partial charge is 0.465 e. The van der Waals surface area contributed by atoms with Crippen molar-refractivity contribution in [2.75, 3.05) is 10.6 Å². The Bertz CT molecular complexity index is 994. The van der Waals surface area contributed by atoms with Crippen molar-refractivity contribution < 1.29 is 14.3 Å². The average molecular weight is 393 g/mol. The summed E-state index contributed by atoms with van der Waals surface area (Å²) in [7, 11) is 1.51. The second-order valence-corrected chi connectivity index (χ2v) is 5.95. The first kappa shape index (κ1) is 18.5. The Morgan fingerprint density at radius 2 is 2.00 bits per heavy atom. The summed E-state index contributed by atoms with van der Waals surface area (Å²) < 4.78 is 14.9. The van der Waals surface area contributed by atoms with E-state index in [1.54, 1.807) is 0 Å². The maximum absolute atomic E-state index is 13.6. The molecule has 0 spiro atoms. The molecule has 10 nitrogen and oxygen atoms in total. The Hall–Kier alpha value is -3.34. The van der Waals surface area contributed by atoms with Gasteiger partial charge >= 0.3 is 6.09 Å². The van der Waals surface area contributed by atoms with Gasteiger partial charge in [0.05, 0.1) is 30.3 Å². The summed E-state index contributed by atoms with van der Waals surface area (Å²) in [5, 5.41) is 17.6. The molecule has 12 heteroatoms. The molecule has 3 aromatic rings. The second-order valence-electron chi connectivity index (χ2n) is 5.59. The van der Waals surface area contributed by atoms with E-state index in [-0.39, 0.29) is 28.1 Å². The monoisotopic (exact) mass is 392 g/mol. The van der Waals surface area contributed by atoms with Gasteiger partial charge in [0.15, 0.2) is 17.3 Å². The van der Waals surface area contributed by atoms with E-state index in [0.717, 1.165) is 17.2 Å². The molecular weight excluding hydrogens is 379 g/mol. The third-order valence-electron chi connectivity index (χ3n) is 3.79. The maximum atomic E-state index is 13.6. The van der Waals surface area contributed by atoms with E-state index in [1.807, 2.05) is 0 Å². The van der Waals surface area contributed by atoms with Gasteiger partial charge in [-0.15, -0.1) is 5.10 Å². The Labute approximate surface area is 157 Å². The summed E-state index contributed by atoms with van der Waals surface area (Å²) in [6.07, 6.45) is 2.35. The van der Waals surface area contributed by atoms with Crippen molar-refractivity contribution >= 4 is 29.2 Å². The lowest BCUT2D eigenvalue weighted by Gasteiger charge is -2.27. The molecule has 0 aliphatic rings. The zero-order chi connectivity index (χ0) is 19.7. The molecule has 140 valence electrons. The quantitative estimate of drug-likeness (QED) is 0.645. The first-order valence-corrected chi connectivity index (χ1v) is 7.98. The molecule has 0 saturated carbocycles. The highest BCUT2D eigenvalue weighted by Crippen LogP contribution is 2.34. The number of carbonyl (C=O) groups is 1. The first-order valence-electron chi connectivity index (χ1n) is 7.60. The minimum atomic E-state index is -1.33. The molecule has 0 unspecified atom stereocenters. The zero-order valence-corrected chi connectivity index (χ0v) is 15.0. The highest BCUT2D eigenvalue weighted by atomic mass is 35.5. The molecule has 0 aliphatic heterocycles. The lowest BCUT2D eigenvalue weighted by atomic mass is 10.1. The minimum absolute atomic E-state index is 0.0180. The molecule has 0 aliphatic carbocycles. The van der Waals surface area contributed by atoms with Gasteiger partial charge in [0.25, 0.3) is 0 Å². The molecule has 1 amide bonds. The van der Waals surface area contributed by atoms with E-state index in [0.29, 0.717) is 5.69 Å². The van der Waals surface area contributed by atoms with Crippen molar-refractivity contribution in [1.29, 1.82) is 0 Å². The van der Waals surface area contributed by atoms with Gasteiger partial charge in [0.2, 0.25) is 0 Å². The summed E-state index contributed by atoms with van der Waals surface area (Å²) in [6, 6.07) is 0.224. The van der Waals surface area contributed by atoms with Crippen molar-refractivity contribution in [3.05, 3.63) is 41.2 Å². The Kier molecular flexibility index (Phi) is 4.86. The van der Waals surface area contributed by atoms with Crippen LogP contribution in [0.4, 0.5) is 20.7 Å². The standard InChI is InChI=1S/C15H14ClFN8O2/c1-7(10-3-8(17)4-19-12(10)16)25(15(26)27)14-11(22-23-24(14)2)13-20-5-9(18)6-21-13/h3-7H,18H2,1-2H3,(H,26,27)/t7-/m1/s1. The highest BCUT2D eigenvalue weighted by molar-refractivity contribution is 6.30. The van der Waals surface area contributed by atoms with Gasteiger partial charge in [0.1, 0.15) is 11.0 Å². The molecule has 3 heterocycles. The Morgan fingerprint density at radius 1 is 1.33 bits per heavy atom. The summed E-state index contributed by atoms with van der Waals surface area (Å²) in [4.78, 5) is 24.8. The lowest BCUT2D eigenvalue weighted by Crippen LogP contribution is -2.34. The van der Waals surface area contributed by atoms with Gasteiger partial charge in [-0.25, -0.2) is 28.8 Å². The predicted molar refractivity (Wildman–Crippen MR) is 94.6 cm³/mol. The van der Waals surface area contributed by atoms with Gasteiger partial charge in [-0.05, 0) is 13.0 Å². The van der Waals surface area contributed by atoms with Crippen LogP contribution in [0, 0.1) is 5.82 Å². The van der Waals surface area contributed by atoms with Crippen molar-refractivity contribution in [3.63, 3.8) is 0 Å². The summed E-state index contributed by atoms with van der Waals surface area (Å²) >= 11 is 6.04. The zero-order valence-electron chi connectivity index (χ0n) is 14.2. The number of pyridine rings is 1. The van der Waals surface area contributed by atoms with Gasteiger partial charge < -0.3 is 10.8 Å². The number of anilines is 2. The molecule has 0 bridgehead atoms. The number of hydrogen-bond acceptors (Lipinski definition) is 7. The van der Waals surface area contributed by atoms with E-state index < -0.39 is 18.0 Å². The lowest BCUT2D eigenvalue weighted by molar-refractivity contribution is 0.199. The number of hydrogen-bond donors (Lipinski definition) is 2. The summed E-state index contributed by atoms with van der Waals surface area (Å²) in [5.41, 5.74) is 6.22. The number of nitrogens with zero attached hydrogens (tertiary/aromatic N) is 7. The van der Waals surface area contributed by atoms with Crippen LogP contribution in [0.2, 0.25) is 5.15 Å². The minimum Gasteiger partial charge on any atom is -0.465 e. The van der Waals surface area contributed by atoms with Crippen LogP contribution >= 0.6 is 11.6 Å². The first-order chi connectivity index (χ1) is 12.8. The third kappa shape index (κ3) is 3.49.